The molecule has 1 amide bonds. The lowest BCUT2D eigenvalue weighted by Crippen LogP contribution is -2.49. The Hall–Kier alpha value is -3.20. The summed E-state index contributed by atoms with van der Waals surface area (Å²) in [5, 5.41) is 2.84. The van der Waals surface area contributed by atoms with E-state index in [9.17, 15) is 13.2 Å². The van der Waals surface area contributed by atoms with Gasteiger partial charge in [-0.15, -0.1) is 0 Å². The van der Waals surface area contributed by atoms with Crippen molar-refractivity contribution in [2.75, 3.05) is 32.7 Å². The summed E-state index contributed by atoms with van der Waals surface area (Å²) in [5.41, 5.74) is 2.38. The first-order chi connectivity index (χ1) is 18.3. The van der Waals surface area contributed by atoms with Gasteiger partial charge in [0.25, 0.3) is 5.91 Å². The third kappa shape index (κ3) is 6.81. The Bertz CT molecular complexity index is 1230. The van der Waals surface area contributed by atoms with Gasteiger partial charge >= 0.3 is 0 Å². The highest BCUT2D eigenvalue weighted by Crippen LogP contribution is 2.30. The fourth-order valence-electron chi connectivity index (χ4n) is 4.63. The molecular weight excluding hydrogens is 498 g/mol. The predicted molar refractivity (Wildman–Crippen MR) is 149 cm³/mol. The third-order valence-corrected chi connectivity index (χ3v) is 8.61. The van der Waals surface area contributed by atoms with Crippen molar-refractivity contribution in [1.29, 1.82) is 0 Å². The number of benzene rings is 3. The molecule has 1 aliphatic rings. The molecule has 0 saturated carbocycles. The van der Waals surface area contributed by atoms with Crippen LogP contribution in [0.4, 0.5) is 0 Å². The van der Waals surface area contributed by atoms with E-state index in [-0.39, 0.29) is 16.8 Å². The molecular formula is C30H37N3O4S. The number of nitrogens with zero attached hydrogens (tertiary/aromatic N) is 2. The van der Waals surface area contributed by atoms with Crippen molar-refractivity contribution in [2.24, 2.45) is 5.92 Å². The first-order valence-electron chi connectivity index (χ1n) is 13.1. The van der Waals surface area contributed by atoms with Crippen molar-refractivity contribution in [3.05, 3.63) is 96.1 Å². The number of sulfonamides is 1. The molecule has 7 nitrogen and oxygen atoms in total. The molecule has 0 bridgehead atoms. The predicted octanol–water partition coefficient (Wildman–Crippen LogP) is 4.32. The summed E-state index contributed by atoms with van der Waals surface area (Å²) in [6.45, 7) is 8.36. The smallest absolute Gasteiger partial charge is 0.260 e. The molecule has 1 fully saturated rings. The second-order valence-electron chi connectivity index (χ2n) is 10.0. The molecule has 1 aliphatic heterocycles. The maximum absolute atomic E-state index is 13.4. The van der Waals surface area contributed by atoms with Crippen molar-refractivity contribution >= 4 is 15.9 Å². The van der Waals surface area contributed by atoms with E-state index in [0.717, 1.165) is 0 Å². The van der Waals surface area contributed by atoms with Crippen molar-refractivity contribution < 1.29 is 17.9 Å². The van der Waals surface area contributed by atoms with Gasteiger partial charge in [0.1, 0.15) is 5.75 Å². The summed E-state index contributed by atoms with van der Waals surface area (Å²) in [6.07, 6.45) is -0.675. The van der Waals surface area contributed by atoms with E-state index in [4.69, 9.17) is 4.74 Å². The molecule has 0 aliphatic carbocycles. The lowest BCUT2D eigenvalue weighted by Gasteiger charge is -2.39. The highest BCUT2D eigenvalue weighted by Gasteiger charge is 2.32. The highest BCUT2D eigenvalue weighted by atomic mass is 32.2. The van der Waals surface area contributed by atoms with Crippen LogP contribution in [-0.4, -0.2) is 62.4 Å². The fraction of sp³-hybridized carbons (Fsp3) is 0.367. The molecule has 0 radical (unpaired) electrons. The number of ether oxygens (including phenoxy) is 1. The van der Waals surface area contributed by atoms with E-state index in [2.05, 4.69) is 34.5 Å². The van der Waals surface area contributed by atoms with Gasteiger partial charge in [0, 0.05) is 32.7 Å². The van der Waals surface area contributed by atoms with Crippen LogP contribution in [0.25, 0.3) is 0 Å². The van der Waals surface area contributed by atoms with Crippen LogP contribution in [-0.2, 0) is 14.8 Å². The van der Waals surface area contributed by atoms with Crippen LogP contribution in [0, 0.1) is 5.92 Å². The van der Waals surface area contributed by atoms with Gasteiger partial charge in [-0.25, -0.2) is 8.42 Å². The van der Waals surface area contributed by atoms with Crippen LogP contribution in [0.2, 0.25) is 0 Å². The molecule has 0 aromatic heterocycles. The molecule has 202 valence electrons. The maximum atomic E-state index is 13.4. The lowest BCUT2D eigenvalue weighted by atomic mass is 9.96. The number of amides is 1. The zero-order valence-electron chi connectivity index (χ0n) is 22.3. The summed E-state index contributed by atoms with van der Waals surface area (Å²) < 4.78 is 34.1. The standard InChI is InChI=1S/C30H37N3O4S/c1-23(2)22-31-30(34)24(3)37-27-14-16-28(17-15-27)38(35,36)33-20-18-32(19-21-33)29(25-10-6-4-7-11-25)26-12-8-5-9-13-26/h4-17,23-24,29H,18-22H2,1-3H3,(H,31,34)/t24-/m0/s1. The topological polar surface area (TPSA) is 78.9 Å². The summed E-state index contributed by atoms with van der Waals surface area (Å²) in [6, 6.07) is 27.1. The summed E-state index contributed by atoms with van der Waals surface area (Å²) >= 11 is 0. The van der Waals surface area contributed by atoms with Crippen LogP contribution in [0.1, 0.15) is 37.9 Å². The lowest BCUT2D eigenvalue weighted by molar-refractivity contribution is -0.127. The molecule has 3 aromatic carbocycles. The second-order valence-corrected chi connectivity index (χ2v) is 12.0. The highest BCUT2D eigenvalue weighted by molar-refractivity contribution is 7.89. The first-order valence-corrected chi connectivity index (χ1v) is 14.6. The Kier molecular flexibility index (Phi) is 9.20. The van der Waals surface area contributed by atoms with E-state index in [1.807, 2.05) is 50.2 Å². The van der Waals surface area contributed by atoms with Gasteiger partial charge in [-0.1, -0.05) is 74.5 Å². The Morgan fingerprint density at radius 1 is 0.816 bits per heavy atom. The van der Waals surface area contributed by atoms with Gasteiger partial charge in [0.05, 0.1) is 10.9 Å². The van der Waals surface area contributed by atoms with E-state index in [1.165, 1.54) is 11.1 Å². The minimum atomic E-state index is -3.65. The van der Waals surface area contributed by atoms with Gasteiger partial charge in [-0.3, -0.25) is 9.69 Å². The van der Waals surface area contributed by atoms with Crippen LogP contribution < -0.4 is 10.1 Å². The number of carbonyl (C=O) groups is 1. The average molecular weight is 536 g/mol. The van der Waals surface area contributed by atoms with Gasteiger partial charge in [0.2, 0.25) is 10.0 Å². The van der Waals surface area contributed by atoms with Gasteiger partial charge in [-0.05, 0) is 48.2 Å². The van der Waals surface area contributed by atoms with E-state index >= 15 is 0 Å². The summed E-state index contributed by atoms with van der Waals surface area (Å²) in [5.74, 6) is 0.604. The Morgan fingerprint density at radius 2 is 1.34 bits per heavy atom. The van der Waals surface area contributed by atoms with Crippen molar-refractivity contribution in [2.45, 2.75) is 37.8 Å². The molecule has 38 heavy (non-hydrogen) atoms. The normalized spacial score (nSPS) is 15.9. The molecule has 4 rings (SSSR count). The van der Waals surface area contributed by atoms with Gasteiger partial charge < -0.3 is 10.1 Å². The van der Waals surface area contributed by atoms with Crippen molar-refractivity contribution in [3.8, 4) is 5.75 Å². The molecule has 1 atom stereocenters. The maximum Gasteiger partial charge on any atom is 0.260 e. The SMILES string of the molecule is CC(C)CNC(=O)[C@H](C)Oc1ccc(S(=O)(=O)N2CCN(C(c3ccccc3)c3ccccc3)CC2)cc1. The summed E-state index contributed by atoms with van der Waals surface area (Å²) in [4.78, 5) is 14.8. The van der Waals surface area contributed by atoms with Crippen LogP contribution >= 0.6 is 0 Å². The Morgan fingerprint density at radius 3 is 1.84 bits per heavy atom. The van der Waals surface area contributed by atoms with E-state index in [0.29, 0.717) is 44.4 Å². The quantitative estimate of drug-likeness (QED) is 0.418. The Labute approximate surface area is 226 Å². The molecule has 8 heteroatoms. The van der Waals surface area contributed by atoms with Crippen LogP contribution in [0.5, 0.6) is 5.75 Å². The minimum absolute atomic E-state index is 0.0680. The minimum Gasteiger partial charge on any atom is -0.481 e. The van der Waals surface area contributed by atoms with E-state index in [1.54, 1.807) is 35.5 Å². The van der Waals surface area contributed by atoms with Gasteiger partial charge in [0.15, 0.2) is 6.10 Å². The number of hydrogen-bond acceptors (Lipinski definition) is 5. The monoisotopic (exact) mass is 535 g/mol. The molecule has 3 aromatic rings. The molecule has 1 heterocycles. The zero-order chi connectivity index (χ0) is 27.1. The van der Waals surface area contributed by atoms with Gasteiger partial charge in [-0.2, -0.15) is 4.31 Å². The summed E-state index contributed by atoms with van der Waals surface area (Å²) in [7, 11) is -3.65. The third-order valence-electron chi connectivity index (χ3n) is 6.70. The first kappa shape index (κ1) is 27.8. The van der Waals surface area contributed by atoms with Crippen molar-refractivity contribution in [1.82, 2.24) is 14.5 Å². The van der Waals surface area contributed by atoms with Crippen molar-refractivity contribution in [3.63, 3.8) is 0 Å². The fourth-order valence-corrected chi connectivity index (χ4v) is 6.05. The van der Waals surface area contributed by atoms with Crippen LogP contribution in [0.3, 0.4) is 0 Å². The molecule has 1 saturated heterocycles. The average Bonchev–Trinajstić information content (AvgIpc) is 2.93. The number of hydrogen-bond donors (Lipinski definition) is 1. The molecule has 0 unspecified atom stereocenters. The molecule has 1 N–H and O–H groups in total. The van der Waals surface area contributed by atoms with Crippen LogP contribution in [0.15, 0.2) is 89.8 Å². The largest absolute Gasteiger partial charge is 0.481 e. The number of nitrogens with one attached hydrogen (secondary N) is 1. The molecule has 0 spiro atoms. The number of piperazine rings is 1. The second kappa shape index (κ2) is 12.6. The Balaban J connectivity index is 1.40. The van der Waals surface area contributed by atoms with E-state index < -0.39 is 16.1 Å². The number of rotatable bonds is 10. The zero-order valence-corrected chi connectivity index (χ0v) is 23.1. The number of carbonyl (C=O) groups excluding carboxylic acids is 1.